The number of carbonyl (C=O) groups is 2. The SMILES string of the molecule is CCCN(CCC)C(=O)CC1=CSC2=NC(CC)=C(C(=O)OC)[C@H](c3cccc(C)c3)N12. The molecule has 0 saturated heterocycles. The Labute approximate surface area is 195 Å². The number of carbonyl (C=O) groups excluding carboxylic acids is 2. The van der Waals surface area contributed by atoms with Crippen LogP contribution in [0.3, 0.4) is 0 Å². The maximum atomic E-state index is 13.1. The molecule has 1 aromatic carbocycles. The van der Waals surface area contributed by atoms with E-state index >= 15 is 0 Å². The summed E-state index contributed by atoms with van der Waals surface area (Å²) in [5, 5.41) is 2.81. The molecule has 2 aliphatic rings. The number of rotatable bonds is 9. The third-order valence-corrected chi connectivity index (χ3v) is 6.55. The molecule has 0 saturated carbocycles. The van der Waals surface area contributed by atoms with Gasteiger partial charge in [-0.3, -0.25) is 4.79 Å². The van der Waals surface area contributed by atoms with Crippen molar-refractivity contribution in [3.63, 3.8) is 0 Å². The van der Waals surface area contributed by atoms with Gasteiger partial charge in [-0.15, -0.1) is 0 Å². The van der Waals surface area contributed by atoms with Crippen LogP contribution in [0.5, 0.6) is 0 Å². The summed E-state index contributed by atoms with van der Waals surface area (Å²) < 4.78 is 5.18. The van der Waals surface area contributed by atoms with Crippen LogP contribution in [0.15, 0.2) is 51.6 Å². The second-order valence-electron chi connectivity index (χ2n) is 8.07. The highest BCUT2D eigenvalue weighted by molar-refractivity contribution is 8.16. The molecule has 0 spiro atoms. The van der Waals surface area contributed by atoms with Crippen LogP contribution >= 0.6 is 11.8 Å². The Morgan fingerprint density at radius 1 is 1.19 bits per heavy atom. The lowest BCUT2D eigenvalue weighted by atomic mass is 9.92. The molecule has 0 N–H and O–H groups in total. The van der Waals surface area contributed by atoms with Crippen LogP contribution < -0.4 is 0 Å². The van der Waals surface area contributed by atoms with Gasteiger partial charge in [0, 0.05) is 18.8 Å². The van der Waals surface area contributed by atoms with Gasteiger partial charge in [0.15, 0.2) is 5.17 Å². The van der Waals surface area contributed by atoms with Gasteiger partial charge in [0.1, 0.15) is 0 Å². The van der Waals surface area contributed by atoms with Gasteiger partial charge in [0.2, 0.25) is 5.91 Å². The summed E-state index contributed by atoms with van der Waals surface area (Å²) in [7, 11) is 1.40. The summed E-state index contributed by atoms with van der Waals surface area (Å²) >= 11 is 1.51. The minimum Gasteiger partial charge on any atom is -0.466 e. The first-order valence-corrected chi connectivity index (χ1v) is 12.2. The maximum Gasteiger partial charge on any atom is 0.338 e. The zero-order valence-electron chi connectivity index (χ0n) is 19.7. The predicted octanol–water partition coefficient (Wildman–Crippen LogP) is 5.17. The van der Waals surface area contributed by atoms with Crippen molar-refractivity contribution in [1.29, 1.82) is 0 Å². The van der Waals surface area contributed by atoms with E-state index in [9.17, 15) is 9.59 Å². The fraction of sp³-hybridized carbons (Fsp3) is 0.480. The zero-order valence-corrected chi connectivity index (χ0v) is 20.5. The molecule has 0 unspecified atom stereocenters. The van der Waals surface area contributed by atoms with Crippen LogP contribution in [0, 0.1) is 6.92 Å². The average molecular weight is 456 g/mol. The summed E-state index contributed by atoms with van der Waals surface area (Å²) in [6.07, 6.45) is 2.76. The molecule has 0 radical (unpaired) electrons. The van der Waals surface area contributed by atoms with Gasteiger partial charge in [0.25, 0.3) is 0 Å². The molecule has 2 aliphatic heterocycles. The van der Waals surface area contributed by atoms with E-state index in [2.05, 4.69) is 24.8 Å². The number of allylic oxidation sites excluding steroid dienone is 1. The van der Waals surface area contributed by atoms with E-state index in [1.165, 1.54) is 18.9 Å². The standard InChI is InChI=1S/C25H33N3O3S/c1-6-12-27(13-7-2)21(29)15-19-16-32-25-26-20(8-3)22(24(30)31-5)23(28(19)25)18-11-9-10-17(4)14-18/h9-11,14,16,23H,6-8,12-13,15H2,1-5H3/t23-/m0/s1. The Kier molecular flexibility index (Phi) is 8.18. The Bertz CT molecular complexity index is 961. The molecule has 0 aliphatic carbocycles. The Hall–Kier alpha value is -2.54. The van der Waals surface area contributed by atoms with Crippen molar-refractivity contribution in [1.82, 2.24) is 9.80 Å². The van der Waals surface area contributed by atoms with E-state index in [4.69, 9.17) is 9.73 Å². The molecule has 1 amide bonds. The van der Waals surface area contributed by atoms with Crippen molar-refractivity contribution in [2.45, 2.75) is 59.4 Å². The smallest absolute Gasteiger partial charge is 0.338 e. The molecule has 0 aromatic heterocycles. The number of ether oxygens (including phenoxy) is 1. The normalized spacial score (nSPS) is 17.7. The van der Waals surface area contributed by atoms with E-state index in [-0.39, 0.29) is 24.3 Å². The fourth-order valence-corrected chi connectivity index (χ4v) is 5.17. The molecular formula is C25H33N3O3S. The quantitative estimate of drug-likeness (QED) is 0.481. The third-order valence-electron chi connectivity index (χ3n) is 5.66. The number of aryl methyl sites for hydroxylation is 1. The molecule has 1 atom stereocenters. The second kappa shape index (κ2) is 10.9. The van der Waals surface area contributed by atoms with Crippen LogP contribution in [-0.2, 0) is 14.3 Å². The number of amidine groups is 1. The van der Waals surface area contributed by atoms with Crippen molar-refractivity contribution in [3.8, 4) is 0 Å². The molecule has 0 fully saturated rings. The van der Waals surface area contributed by atoms with E-state index in [1.54, 1.807) is 0 Å². The first-order chi connectivity index (χ1) is 15.4. The third kappa shape index (κ3) is 4.93. The summed E-state index contributed by atoms with van der Waals surface area (Å²) in [4.78, 5) is 34.9. The van der Waals surface area contributed by atoms with Gasteiger partial charge in [-0.25, -0.2) is 9.79 Å². The van der Waals surface area contributed by atoms with E-state index < -0.39 is 0 Å². The average Bonchev–Trinajstić information content (AvgIpc) is 3.19. The Morgan fingerprint density at radius 3 is 2.50 bits per heavy atom. The van der Waals surface area contributed by atoms with Gasteiger partial charge in [-0.2, -0.15) is 0 Å². The molecule has 6 nitrogen and oxygen atoms in total. The van der Waals surface area contributed by atoms with Crippen LogP contribution in [0.1, 0.15) is 63.6 Å². The van der Waals surface area contributed by atoms with Gasteiger partial charge in [-0.05, 0) is 37.2 Å². The van der Waals surface area contributed by atoms with E-state index in [0.29, 0.717) is 12.0 Å². The Balaban J connectivity index is 2.03. The van der Waals surface area contributed by atoms with Crippen LogP contribution in [0.2, 0.25) is 0 Å². The molecule has 172 valence electrons. The summed E-state index contributed by atoms with van der Waals surface area (Å²) in [5.74, 6) is -0.271. The predicted molar refractivity (Wildman–Crippen MR) is 130 cm³/mol. The highest BCUT2D eigenvalue weighted by Gasteiger charge is 2.41. The highest BCUT2D eigenvalue weighted by Crippen LogP contribution is 2.45. The zero-order chi connectivity index (χ0) is 23.3. The molecular weight excluding hydrogens is 422 g/mol. The molecule has 0 bridgehead atoms. The number of nitrogens with zero attached hydrogens (tertiary/aromatic N) is 3. The number of esters is 1. The monoisotopic (exact) mass is 455 g/mol. The lowest BCUT2D eigenvalue weighted by Gasteiger charge is -2.37. The maximum absolute atomic E-state index is 13.1. The molecule has 1 aromatic rings. The van der Waals surface area contributed by atoms with Crippen molar-refractivity contribution >= 4 is 28.8 Å². The Morgan fingerprint density at radius 2 is 1.91 bits per heavy atom. The van der Waals surface area contributed by atoms with Gasteiger partial charge in [-0.1, -0.05) is 62.4 Å². The topological polar surface area (TPSA) is 62.2 Å². The van der Waals surface area contributed by atoms with Crippen LogP contribution in [0.25, 0.3) is 0 Å². The highest BCUT2D eigenvalue weighted by atomic mass is 32.2. The van der Waals surface area contributed by atoms with Crippen molar-refractivity contribution in [3.05, 3.63) is 57.8 Å². The number of aliphatic imine (C=N–C) groups is 1. The molecule has 2 heterocycles. The van der Waals surface area contributed by atoms with E-state index in [1.807, 2.05) is 42.4 Å². The van der Waals surface area contributed by atoms with Gasteiger partial charge < -0.3 is 14.5 Å². The van der Waals surface area contributed by atoms with Gasteiger partial charge in [0.05, 0.1) is 30.8 Å². The minimum absolute atomic E-state index is 0.106. The van der Waals surface area contributed by atoms with Crippen LogP contribution in [0.4, 0.5) is 0 Å². The number of thioether (sulfide) groups is 1. The number of hydrogen-bond acceptors (Lipinski definition) is 6. The summed E-state index contributed by atoms with van der Waals surface area (Å²) in [6.45, 7) is 9.71. The summed E-state index contributed by atoms with van der Waals surface area (Å²) in [5.41, 5.74) is 4.26. The second-order valence-corrected chi connectivity index (χ2v) is 8.91. The van der Waals surface area contributed by atoms with Crippen molar-refractivity contribution < 1.29 is 14.3 Å². The lowest BCUT2D eigenvalue weighted by Crippen LogP contribution is -2.39. The number of amides is 1. The largest absolute Gasteiger partial charge is 0.466 e. The van der Waals surface area contributed by atoms with Crippen molar-refractivity contribution in [2.24, 2.45) is 4.99 Å². The number of hydrogen-bond donors (Lipinski definition) is 0. The number of benzene rings is 1. The molecule has 7 heteroatoms. The fourth-order valence-electron chi connectivity index (χ4n) is 4.24. The first-order valence-electron chi connectivity index (χ1n) is 11.3. The van der Waals surface area contributed by atoms with Gasteiger partial charge >= 0.3 is 5.97 Å². The number of fused-ring (bicyclic) bond motifs is 1. The van der Waals surface area contributed by atoms with Crippen molar-refractivity contribution in [2.75, 3.05) is 20.2 Å². The first kappa shape index (κ1) is 24.1. The summed E-state index contributed by atoms with van der Waals surface area (Å²) in [6, 6.07) is 7.78. The molecule has 32 heavy (non-hydrogen) atoms. The van der Waals surface area contributed by atoms with E-state index in [0.717, 1.165) is 53.6 Å². The van der Waals surface area contributed by atoms with Crippen LogP contribution in [-0.4, -0.2) is 47.0 Å². The lowest BCUT2D eigenvalue weighted by molar-refractivity contribution is -0.136. The number of methoxy groups -OCH3 is 1. The minimum atomic E-state index is -0.377. The molecule has 3 rings (SSSR count).